The van der Waals surface area contributed by atoms with Gasteiger partial charge in [-0.05, 0) is 0 Å². The second-order valence-corrected chi connectivity index (χ2v) is 0.856. The van der Waals surface area contributed by atoms with Gasteiger partial charge in [-0.15, -0.1) is 12.4 Å². The number of rotatable bonds is 2. The van der Waals surface area contributed by atoms with Gasteiger partial charge in [0.25, 0.3) is 0 Å². The molecule has 0 heterocycles. The summed E-state index contributed by atoms with van der Waals surface area (Å²) in [6.45, 7) is 6.03. The van der Waals surface area contributed by atoms with Crippen LogP contribution in [-0.4, -0.2) is 13.1 Å². The second kappa shape index (κ2) is 15.8. The molecular weight excluding hydrogens is 145 g/mol. The van der Waals surface area contributed by atoms with Gasteiger partial charge in [0.2, 0.25) is 0 Å². The van der Waals surface area contributed by atoms with E-state index in [-0.39, 0.29) is 34.1 Å². The van der Waals surface area contributed by atoms with E-state index in [9.17, 15) is 0 Å². The Kier molecular flexibility index (Phi) is 35.3. The summed E-state index contributed by atoms with van der Waals surface area (Å²) >= 11 is 0. The van der Waals surface area contributed by atoms with Gasteiger partial charge in [-0.2, -0.15) is 13.1 Å². The summed E-state index contributed by atoms with van der Waals surface area (Å²) < 4.78 is 0. The summed E-state index contributed by atoms with van der Waals surface area (Å²) in [4.78, 5) is 0. The molecule has 0 unspecified atom stereocenters. The van der Waals surface area contributed by atoms with Crippen molar-refractivity contribution in [3.63, 3.8) is 0 Å². The number of hydrogen-bond donors (Lipinski definition) is 0. The maximum atomic E-state index is 3.97. The van der Waals surface area contributed by atoms with Gasteiger partial charge in [0.15, 0.2) is 0 Å². The SMILES string of the molecule is CC[N-]CC.Cl.[Ti]. The van der Waals surface area contributed by atoms with Crippen LogP contribution in [0.15, 0.2) is 0 Å². The third kappa shape index (κ3) is 19.5. The maximum absolute atomic E-state index is 3.97. The molecule has 0 aromatic heterocycles. The standard InChI is InChI=1S/C4H10N.ClH.Ti/c1-3-5-4-2;;/h3-4H2,1-2H3;1H;/q-1;;. The van der Waals surface area contributed by atoms with E-state index in [1.807, 2.05) is 13.8 Å². The topological polar surface area (TPSA) is 14.1 Å². The molecule has 0 radical (unpaired) electrons. The van der Waals surface area contributed by atoms with Crippen LogP contribution in [0.25, 0.3) is 5.32 Å². The third-order valence-electron chi connectivity index (χ3n) is 0.447. The fraction of sp³-hybridized carbons (Fsp3) is 1.00. The van der Waals surface area contributed by atoms with Gasteiger partial charge < -0.3 is 5.32 Å². The van der Waals surface area contributed by atoms with Crippen molar-refractivity contribution in [3.05, 3.63) is 5.32 Å². The summed E-state index contributed by atoms with van der Waals surface area (Å²) in [6, 6.07) is 0. The van der Waals surface area contributed by atoms with Gasteiger partial charge in [0.05, 0.1) is 0 Å². The molecule has 0 rings (SSSR count). The first-order valence-corrected chi connectivity index (χ1v) is 2.05. The van der Waals surface area contributed by atoms with E-state index >= 15 is 0 Å². The van der Waals surface area contributed by atoms with E-state index < -0.39 is 0 Å². The van der Waals surface area contributed by atoms with E-state index in [1.54, 1.807) is 0 Å². The predicted octanol–water partition coefficient (Wildman–Crippen LogP) is 1.82. The van der Waals surface area contributed by atoms with Gasteiger partial charge in [0.1, 0.15) is 0 Å². The van der Waals surface area contributed by atoms with E-state index in [0.717, 1.165) is 13.1 Å². The molecule has 44 valence electrons. The Morgan fingerprint density at radius 2 is 1.43 bits per heavy atom. The molecule has 3 heteroatoms. The molecule has 0 fully saturated rings. The summed E-state index contributed by atoms with van der Waals surface area (Å²) in [5.41, 5.74) is 0. The van der Waals surface area contributed by atoms with Crippen LogP contribution in [0.4, 0.5) is 0 Å². The summed E-state index contributed by atoms with van der Waals surface area (Å²) in [5, 5.41) is 3.97. The average Bonchev–Trinajstić information content (AvgIpc) is 1.41. The quantitative estimate of drug-likeness (QED) is 0.542. The maximum Gasteiger partial charge on any atom is 0 e. The molecule has 0 aliphatic carbocycles. The normalized spacial score (nSPS) is 6.00. The molecule has 7 heavy (non-hydrogen) atoms. The van der Waals surface area contributed by atoms with Crippen LogP contribution in [0.2, 0.25) is 0 Å². The van der Waals surface area contributed by atoms with Crippen molar-refractivity contribution in [2.24, 2.45) is 0 Å². The molecule has 0 aromatic rings. The molecule has 0 aliphatic heterocycles. The molecule has 0 saturated heterocycles. The van der Waals surface area contributed by atoms with Crippen molar-refractivity contribution in [3.8, 4) is 0 Å². The zero-order valence-electron chi connectivity index (χ0n) is 4.77. The van der Waals surface area contributed by atoms with Crippen LogP contribution in [0.1, 0.15) is 13.8 Å². The molecule has 0 N–H and O–H groups in total. The summed E-state index contributed by atoms with van der Waals surface area (Å²) in [5.74, 6) is 0. The van der Waals surface area contributed by atoms with Crippen molar-refractivity contribution in [2.45, 2.75) is 13.8 Å². The minimum Gasteiger partial charge on any atom is -0.663 e. The first-order chi connectivity index (χ1) is 2.41. The Morgan fingerprint density at radius 3 is 1.43 bits per heavy atom. The third-order valence-corrected chi connectivity index (χ3v) is 0.447. The van der Waals surface area contributed by atoms with Crippen molar-refractivity contribution in [1.82, 2.24) is 0 Å². The van der Waals surface area contributed by atoms with Crippen molar-refractivity contribution in [2.75, 3.05) is 13.1 Å². The molecule has 0 aromatic carbocycles. The monoisotopic (exact) mass is 156 g/mol. The Labute approximate surface area is 66.5 Å². The Balaban J connectivity index is -0.0000000800. The minimum absolute atomic E-state index is 0. The molecule has 0 amide bonds. The van der Waals surface area contributed by atoms with Crippen LogP contribution in [-0.2, 0) is 21.7 Å². The van der Waals surface area contributed by atoms with Crippen LogP contribution < -0.4 is 0 Å². The first-order valence-electron chi connectivity index (χ1n) is 2.05. The number of hydrogen-bond acceptors (Lipinski definition) is 0. The van der Waals surface area contributed by atoms with Crippen molar-refractivity contribution >= 4 is 12.4 Å². The van der Waals surface area contributed by atoms with Crippen LogP contribution >= 0.6 is 12.4 Å². The molecule has 0 atom stereocenters. The summed E-state index contributed by atoms with van der Waals surface area (Å²) in [7, 11) is 0. The number of halogens is 1. The fourth-order valence-corrected chi connectivity index (χ4v) is 0.224. The van der Waals surface area contributed by atoms with Crippen molar-refractivity contribution in [1.29, 1.82) is 0 Å². The Morgan fingerprint density at radius 1 is 1.14 bits per heavy atom. The van der Waals surface area contributed by atoms with Gasteiger partial charge in [-0.3, -0.25) is 0 Å². The van der Waals surface area contributed by atoms with Gasteiger partial charge in [0, 0.05) is 21.7 Å². The van der Waals surface area contributed by atoms with E-state index in [4.69, 9.17) is 0 Å². The predicted molar refractivity (Wildman–Crippen MR) is 31.7 cm³/mol. The molecule has 0 spiro atoms. The molecule has 0 bridgehead atoms. The van der Waals surface area contributed by atoms with Crippen molar-refractivity contribution < 1.29 is 21.7 Å². The molecular formula is C4H11ClNTi-. The van der Waals surface area contributed by atoms with E-state index in [2.05, 4.69) is 5.32 Å². The largest absolute Gasteiger partial charge is 0.663 e. The zero-order chi connectivity index (χ0) is 4.12. The second-order valence-electron chi connectivity index (χ2n) is 0.856. The van der Waals surface area contributed by atoms with Gasteiger partial charge in [-0.1, -0.05) is 13.8 Å². The molecule has 0 aliphatic rings. The zero-order valence-corrected chi connectivity index (χ0v) is 7.15. The summed E-state index contributed by atoms with van der Waals surface area (Å²) in [6.07, 6.45) is 0. The first kappa shape index (κ1) is 15.7. The van der Waals surface area contributed by atoms with E-state index in [0.29, 0.717) is 0 Å². The Hall–Kier alpha value is 0.964. The van der Waals surface area contributed by atoms with Gasteiger partial charge >= 0.3 is 0 Å². The molecule has 1 nitrogen and oxygen atoms in total. The number of nitrogens with zero attached hydrogens (tertiary/aromatic N) is 1. The smallest absolute Gasteiger partial charge is 0 e. The minimum atomic E-state index is 0. The average molecular weight is 156 g/mol. The van der Waals surface area contributed by atoms with Crippen LogP contribution in [0.5, 0.6) is 0 Å². The van der Waals surface area contributed by atoms with E-state index in [1.165, 1.54) is 0 Å². The molecule has 0 saturated carbocycles. The van der Waals surface area contributed by atoms with Crippen LogP contribution in [0.3, 0.4) is 0 Å². The fourth-order valence-electron chi connectivity index (χ4n) is 0.224. The van der Waals surface area contributed by atoms with Gasteiger partial charge in [-0.25, -0.2) is 0 Å². The van der Waals surface area contributed by atoms with Crippen LogP contribution in [0, 0.1) is 0 Å². The Bertz CT molecular complexity index is 19.2.